The Morgan fingerprint density at radius 3 is 2.42 bits per heavy atom. The molecular formula is C20H25NO5. The Hall–Kier alpha value is -2.76. The van der Waals surface area contributed by atoms with Crippen molar-refractivity contribution in [1.82, 2.24) is 0 Å². The molecule has 1 atom stereocenters. The average molecular weight is 359 g/mol. The number of esters is 2. The minimum Gasteiger partial charge on any atom is -0.466 e. The smallest absolute Gasteiger partial charge is 0.343 e. The monoisotopic (exact) mass is 359 g/mol. The summed E-state index contributed by atoms with van der Waals surface area (Å²) in [6, 6.07) is 11.1. The van der Waals surface area contributed by atoms with Gasteiger partial charge < -0.3 is 18.8 Å². The van der Waals surface area contributed by atoms with Crippen molar-refractivity contribution in [3.8, 4) is 0 Å². The van der Waals surface area contributed by atoms with Gasteiger partial charge in [-0.05, 0) is 32.4 Å². The van der Waals surface area contributed by atoms with Gasteiger partial charge in [-0.3, -0.25) is 4.79 Å². The van der Waals surface area contributed by atoms with E-state index in [1.807, 2.05) is 42.2 Å². The molecule has 6 nitrogen and oxygen atoms in total. The van der Waals surface area contributed by atoms with Crippen LogP contribution in [0.4, 0.5) is 5.88 Å². The third-order valence-electron chi connectivity index (χ3n) is 3.90. The zero-order valence-corrected chi connectivity index (χ0v) is 15.4. The summed E-state index contributed by atoms with van der Waals surface area (Å²) in [6.07, 6.45) is 1.64. The number of anilines is 1. The van der Waals surface area contributed by atoms with Gasteiger partial charge in [0.2, 0.25) is 5.88 Å². The van der Waals surface area contributed by atoms with E-state index in [2.05, 4.69) is 0 Å². The number of benzene rings is 1. The van der Waals surface area contributed by atoms with E-state index in [4.69, 9.17) is 13.9 Å². The maximum absolute atomic E-state index is 12.2. The van der Waals surface area contributed by atoms with Crippen molar-refractivity contribution >= 4 is 17.8 Å². The number of hydrogen-bond donors (Lipinski definition) is 0. The van der Waals surface area contributed by atoms with E-state index in [1.165, 1.54) is 6.26 Å². The van der Waals surface area contributed by atoms with E-state index in [0.717, 1.165) is 5.56 Å². The Balaban J connectivity index is 2.30. The molecule has 1 unspecified atom stereocenters. The maximum atomic E-state index is 12.2. The van der Waals surface area contributed by atoms with Crippen molar-refractivity contribution in [1.29, 1.82) is 0 Å². The van der Waals surface area contributed by atoms with Gasteiger partial charge in [0.05, 0.1) is 25.9 Å². The predicted octanol–water partition coefficient (Wildman–Crippen LogP) is 3.80. The fourth-order valence-corrected chi connectivity index (χ4v) is 2.67. The Morgan fingerprint density at radius 2 is 1.77 bits per heavy atom. The Kier molecular flexibility index (Phi) is 7.26. The fourth-order valence-electron chi connectivity index (χ4n) is 2.67. The summed E-state index contributed by atoms with van der Waals surface area (Å²) in [5.74, 6) is -0.343. The summed E-state index contributed by atoms with van der Waals surface area (Å²) in [5.41, 5.74) is 1.38. The van der Waals surface area contributed by atoms with Gasteiger partial charge in [0.15, 0.2) is 0 Å². The second-order valence-electron chi connectivity index (χ2n) is 5.83. The molecule has 6 heteroatoms. The first-order chi connectivity index (χ1) is 12.6. The molecule has 0 radical (unpaired) electrons. The first-order valence-corrected chi connectivity index (χ1v) is 8.77. The van der Waals surface area contributed by atoms with Crippen LogP contribution < -0.4 is 4.90 Å². The molecular weight excluding hydrogens is 334 g/mol. The maximum Gasteiger partial charge on any atom is 0.343 e. The standard InChI is InChI=1S/C20H25NO5/c1-4-24-18(22)13-15(3)21(14-16-9-7-6-8-10-16)19-17(11-12-26-19)20(23)25-5-2/h6-12,15H,4-5,13-14H2,1-3H3. The highest BCUT2D eigenvalue weighted by Gasteiger charge is 2.26. The molecule has 1 aromatic carbocycles. The van der Waals surface area contributed by atoms with Gasteiger partial charge in [0.1, 0.15) is 5.56 Å². The Labute approximate surface area is 153 Å². The summed E-state index contributed by atoms with van der Waals surface area (Å²) < 4.78 is 15.8. The fraction of sp³-hybridized carbons (Fsp3) is 0.400. The highest BCUT2D eigenvalue weighted by atomic mass is 16.5. The number of ether oxygens (including phenoxy) is 2. The van der Waals surface area contributed by atoms with Gasteiger partial charge in [0, 0.05) is 12.6 Å². The average Bonchev–Trinajstić information content (AvgIpc) is 3.10. The van der Waals surface area contributed by atoms with E-state index in [-0.39, 0.29) is 25.0 Å². The molecule has 0 amide bonds. The summed E-state index contributed by atoms with van der Waals surface area (Å²) >= 11 is 0. The molecule has 1 heterocycles. The second kappa shape index (κ2) is 9.65. The third-order valence-corrected chi connectivity index (χ3v) is 3.90. The molecule has 26 heavy (non-hydrogen) atoms. The SMILES string of the molecule is CCOC(=O)CC(C)N(Cc1ccccc1)c1occc1C(=O)OCC. The van der Waals surface area contributed by atoms with Gasteiger partial charge in [-0.2, -0.15) is 0 Å². The molecule has 0 saturated heterocycles. The summed E-state index contributed by atoms with van der Waals surface area (Å²) in [6.45, 7) is 6.52. The first kappa shape index (κ1) is 19.6. The molecule has 0 saturated carbocycles. The largest absolute Gasteiger partial charge is 0.466 e. The second-order valence-corrected chi connectivity index (χ2v) is 5.83. The lowest BCUT2D eigenvalue weighted by molar-refractivity contribution is -0.143. The van der Waals surface area contributed by atoms with Gasteiger partial charge in [-0.25, -0.2) is 4.79 Å². The van der Waals surface area contributed by atoms with Crippen LogP contribution in [-0.4, -0.2) is 31.2 Å². The van der Waals surface area contributed by atoms with Gasteiger partial charge >= 0.3 is 11.9 Å². The summed E-state index contributed by atoms with van der Waals surface area (Å²) in [7, 11) is 0. The first-order valence-electron chi connectivity index (χ1n) is 8.77. The third kappa shape index (κ3) is 5.12. The van der Waals surface area contributed by atoms with E-state index in [9.17, 15) is 9.59 Å². The van der Waals surface area contributed by atoms with E-state index in [1.54, 1.807) is 19.9 Å². The molecule has 2 aromatic rings. The number of rotatable bonds is 9. The number of nitrogens with zero attached hydrogens (tertiary/aromatic N) is 1. The molecule has 0 aliphatic heterocycles. The molecule has 140 valence electrons. The summed E-state index contributed by atoms with van der Waals surface area (Å²) in [4.78, 5) is 26.0. The Bertz CT molecular complexity index is 710. The van der Waals surface area contributed by atoms with Crippen LogP contribution in [-0.2, 0) is 20.8 Å². The number of carbonyl (C=O) groups is 2. The van der Waals surface area contributed by atoms with Crippen LogP contribution >= 0.6 is 0 Å². The molecule has 0 fully saturated rings. The molecule has 0 N–H and O–H groups in total. The van der Waals surface area contributed by atoms with Crippen molar-refractivity contribution in [2.45, 2.75) is 39.8 Å². The van der Waals surface area contributed by atoms with Crippen molar-refractivity contribution < 1.29 is 23.5 Å². The van der Waals surface area contributed by atoms with Crippen molar-refractivity contribution in [2.24, 2.45) is 0 Å². The normalized spacial score (nSPS) is 11.7. The highest BCUT2D eigenvalue weighted by molar-refractivity contribution is 5.94. The quantitative estimate of drug-likeness (QED) is 0.634. The number of hydrogen-bond acceptors (Lipinski definition) is 6. The van der Waals surface area contributed by atoms with Crippen LogP contribution in [0.3, 0.4) is 0 Å². The molecule has 0 bridgehead atoms. The van der Waals surface area contributed by atoms with Crippen LogP contribution in [0, 0.1) is 0 Å². The van der Waals surface area contributed by atoms with Crippen LogP contribution in [0.2, 0.25) is 0 Å². The van der Waals surface area contributed by atoms with Gasteiger partial charge in [-0.1, -0.05) is 30.3 Å². The molecule has 2 rings (SSSR count). The molecule has 0 aliphatic rings. The molecule has 0 aliphatic carbocycles. The van der Waals surface area contributed by atoms with Crippen molar-refractivity contribution in [2.75, 3.05) is 18.1 Å². The lowest BCUT2D eigenvalue weighted by Crippen LogP contribution is -2.35. The van der Waals surface area contributed by atoms with E-state index in [0.29, 0.717) is 24.6 Å². The van der Waals surface area contributed by atoms with Crippen LogP contribution in [0.5, 0.6) is 0 Å². The van der Waals surface area contributed by atoms with E-state index >= 15 is 0 Å². The van der Waals surface area contributed by atoms with Crippen LogP contribution in [0.15, 0.2) is 47.1 Å². The lowest BCUT2D eigenvalue weighted by Gasteiger charge is -2.29. The topological polar surface area (TPSA) is 69.0 Å². The zero-order valence-electron chi connectivity index (χ0n) is 15.4. The molecule has 1 aromatic heterocycles. The number of carbonyl (C=O) groups excluding carboxylic acids is 2. The Morgan fingerprint density at radius 1 is 1.08 bits per heavy atom. The van der Waals surface area contributed by atoms with E-state index < -0.39 is 5.97 Å². The minimum atomic E-state index is -0.447. The molecule has 0 spiro atoms. The van der Waals surface area contributed by atoms with Crippen LogP contribution in [0.25, 0.3) is 0 Å². The van der Waals surface area contributed by atoms with Crippen LogP contribution in [0.1, 0.15) is 43.1 Å². The lowest BCUT2D eigenvalue weighted by atomic mass is 10.1. The minimum absolute atomic E-state index is 0.184. The van der Waals surface area contributed by atoms with Crippen molar-refractivity contribution in [3.63, 3.8) is 0 Å². The highest BCUT2D eigenvalue weighted by Crippen LogP contribution is 2.28. The van der Waals surface area contributed by atoms with Crippen molar-refractivity contribution in [3.05, 3.63) is 53.8 Å². The summed E-state index contributed by atoms with van der Waals surface area (Å²) in [5, 5.41) is 0. The number of furan rings is 1. The van der Waals surface area contributed by atoms with Gasteiger partial charge in [-0.15, -0.1) is 0 Å². The van der Waals surface area contributed by atoms with Gasteiger partial charge in [0.25, 0.3) is 0 Å². The zero-order chi connectivity index (χ0) is 18.9. The predicted molar refractivity (Wildman–Crippen MR) is 98.0 cm³/mol.